The SMILES string of the molecule is CC(O)CONC(=O)CCN1c2ccccc2Sc2ccccc21. The Hall–Kier alpha value is -2.02. The van der Waals surface area contributed by atoms with E-state index in [-0.39, 0.29) is 12.5 Å². The molecular formula is C18H20N2O3S. The number of carbonyl (C=O) groups excluding carboxylic acids is 1. The molecule has 0 saturated heterocycles. The molecule has 2 N–H and O–H groups in total. The third-order valence-electron chi connectivity index (χ3n) is 3.61. The van der Waals surface area contributed by atoms with Crippen LogP contribution in [0.25, 0.3) is 0 Å². The molecular weight excluding hydrogens is 324 g/mol. The summed E-state index contributed by atoms with van der Waals surface area (Å²) < 4.78 is 0. The van der Waals surface area contributed by atoms with Crippen LogP contribution in [0.5, 0.6) is 0 Å². The van der Waals surface area contributed by atoms with Gasteiger partial charge >= 0.3 is 0 Å². The quantitative estimate of drug-likeness (QED) is 0.789. The van der Waals surface area contributed by atoms with Crippen LogP contribution in [0.15, 0.2) is 58.3 Å². The predicted octanol–water partition coefficient (Wildman–Crippen LogP) is 3.11. The Labute approximate surface area is 145 Å². The maximum absolute atomic E-state index is 11.9. The average molecular weight is 344 g/mol. The standard InChI is InChI=1S/C18H20N2O3S/c1-13(21)12-23-19-18(22)10-11-20-14-6-2-4-8-16(14)24-17-9-5-3-7-15(17)20/h2-9,13,21H,10-12H2,1H3,(H,19,22). The van der Waals surface area contributed by atoms with Crippen molar-refractivity contribution in [2.24, 2.45) is 0 Å². The highest BCUT2D eigenvalue weighted by Gasteiger charge is 2.23. The second-order valence-electron chi connectivity index (χ2n) is 5.62. The summed E-state index contributed by atoms with van der Waals surface area (Å²) in [6.45, 7) is 2.24. The van der Waals surface area contributed by atoms with E-state index in [4.69, 9.17) is 9.94 Å². The van der Waals surface area contributed by atoms with E-state index in [9.17, 15) is 4.79 Å². The zero-order valence-electron chi connectivity index (χ0n) is 13.4. The van der Waals surface area contributed by atoms with Gasteiger partial charge in [0.1, 0.15) is 6.61 Å². The number of anilines is 2. The summed E-state index contributed by atoms with van der Waals surface area (Å²) in [4.78, 5) is 21.4. The van der Waals surface area contributed by atoms with Crippen LogP contribution in [0, 0.1) is 0 Å². The topological polar surface area (TPSA) is 61.8 Å². The zero-order valence-corrected chi connectivity index (χ0v) is 14.3. The predicted molar refractivity (Wildman–Crippen MR) is 94.4 cm³/mol. The van der Waals surface area contributed by atoms with Crippen molar-refractivity contribution in [1.29, 1.82) is 0 Å². The molecule has 0 bridgehead atoms. The minimum atomic E-state index is -0.608. The molecule has 1 aliphatic rings. The third kappa shape index (κ3) is 3.90. The number of fused-ring (bicyclic) bond motifs is 2. The Balaban J connectivity index is 1.70. The van der Waals surface area contributed by atoms with E-state index in [1.165, 1.54) is 9.79 Å². The van der Waals surface area contributed by atoms with Crippen LogP contribution < -0.4 is 10.4 Å². The van der Waals surface area contributed by atoms with Crippen LogP contribution in [-0.4, -0.2) is 30.3 Å². The number of benzene rings is 2. The van der Waals surface area contributed by atoms with Crippen LogP contribution in [-0.2, 0) is 9.63 Å². The van der Waals surface area contributed by atoms with Crippen LogP contribution in [0.4, 0.5) is 11.4 Å². The summed E-state index contributed by atoms with van der Waals surface area (Å²) >= 11 is 1.74. The van der Waals surface area contributed by atoms with E-state index in [0.717, 1.165) is 11.4 Å². The van der Waals surface area contributed by atoms with Gasteiger partial charge in [-0.3, -0.25) is 9.63 Å². The lowest BCUT2D eigenvalue weighted by Crippen LogP contribution is -2.31. The third-order valence-corrected chi connectivity index (χ3v) is 4.74. The lowest BCUT2D eigenvalue weighted by Gasteiger charge is -2.32. The number of carbonyl (C=O) groups is 1. The Morgan fingerprint density at radius 3 is 2.33 bits per heavy atom. The highest BCUT2D eigenvalue weighted by molar-refractivity contribution is 7.99. The first-order valence-electron chi connectivity index (χ1n) is 7.87. The van der Waals surface area contributed by atoms with E-state index in [2.05, 4.69) is 34.6 Å². The Morgan fingerprint density at radius 2 is 1.75 bits per heavy atom. The normalized spacial score (nSPS) is 13.8. The van der Waals surface area contributed by atoms with Gasteiger partial charge in [0.2, 0.25) is 5.91 Å². The largest absolute Gasteiger partial charge is 0.391 e. The molecule has 6 heteroatoms. The van der Waals surface area contributed by atoms with Crippen LogP contribution in [0.1, 0.15) is 13.3 Å². The molecule has 2 aromatic rings. The lowest BCUT2D eigenvalue weighted by atomic mass is 10.2. The molecule has 0 aromatic heterocycles. The molecule has 0 aliphatic carbocycles. The van der Waals surface area contributed by atoms with E-state index in [0.29, 0.717) is 13.0 Å². The van der Waals surface area contributed by atoms with E-state index in [1.807, 2.05) is 24.3 Å². The van der Waals surface area contributed by atoms with Crippen molar-refractivity contribution in [2.45, 2.75) is 29.2 Å². The summed E-state index contributed by atoms with van der Waals surface area (Å²) in [5, 5.41) is 9.13. The van der Waals surface area contributed by atoms with Crippen LogP contribution in [0.3, 0.4) is 0 Å². The van der Waals surface area contributed by atoms with Crippen molar-refractivity contribution >= 4 is 29.0 Å². The minimum absolute atomic E-state index is 0.0811. The van der Waals surface area contributed by atoms with Gasteiger partial charge in [-0.1, -0.05) is 36.0 Å². The van der Waals surface area contributed by atoms with Crippen molar-refractivity contribution in [3.8, 4) is 0 Å². The van der Waals surface area contributed by atoms with Crippen LogP contribution >= 0.6 is 11.8 Å². The minimum Gasteiger partial charge on any atom is -0.391 e. The van der Waals surface area contributed by atoms with Crippen molar-refractivity contribution in [2.75, 3.05) is 18.1 Å². The number of para-hydroxylation sites is 2. The van der Waals surface area contributed by atoms with Gasteiger partial charge in [-0.15, -0.1) is 0 Å². The monoisotopic (exact) mass is 344 g/mol. The van der Waals surface area contributed by atoms with Gasteiger partial charge in [-0.2, -0.15) is 0 Å². The first kappa shape index (κ1) is 16.8. The van der Waals surface area contributed by atoms with E-state index in [1.54, 1.807) is 18.7 Å². The average Bonchev–Trinajstić information content (AvgIpc) is 2.58. The molecule has 3 rings (SSSR count). The highest BCUT2D eigenvalue weighted by Crippen LogP contribution is 2.47. The van der Waals surface area contributed by atoms with E-state index >= 15 is 0 Å². The van der Waals surface area contributed by atoms with Gasteiger partial charge < -0.3 is 10.0 Å². The number of nitrogens with one attached hydrogen (secondary N) is 1. The second kappa shape index (κ2) is 7.70. The summed E-state index contributed by atoms with van der Waals surface area (Å²) in [6.07, 6.45) is -0.309. The molecule has 1 amide bonds. The van der Waals surface area contributed by atoms with Crippen LogP contribution in [0.2, 0.25) is 0 Å². The first-order chi connectivity index (χ1) is 11.6. The fourth-order valence-electron chi connectivity index (χ4n) is 2.53. The first-order valence-corrected chi connectivity index (χ1v) is 8.69. The fraction of sp³-hybridized carbons (Fsp3) is 0.278. The maximum atomic E-state index is 11.9. The summed E-state index contributed by atoms with van der Waals surface area (Å²) in [5.41, 5.74) is 4.59. The Bertz CT molecular complexity index is 675. The smallest absolute Gasteiger partial charge is 0.245 e. The van der Waals surface area contributed by atoms with Crippen molar-refractivity contribution < 1.29 is 14.7 Å². The second-order valence-corrected chi connectivity index (χ2v) is 6.71. The number of aliphatic hydroxyl groups excluding tert-OH is 1. The molecule has 1 heterocycles. The summed E-state index contributed by atoms with van der Waals surface area (Å²) in [7, 11) is 0. The molecule has 2 aromatic carbocycles. The Kier molecular flexibility index (Phi) is 5.40. The van der Waals surface area contributed by atoms with Gasteiger partial charge in [0.25, 0.3) is 0 Å². The number of hydrogen-bond donors (Lipinski definition) is 2. The molecule has 5 nitrogen and oxygen atoms in total. The number of hydrogen-bond acceptors (Lipinski definition) is 5. The highest BCUT2D eigenvalue weighted by atomic mass is 32.2. The molecule has 1 aliphatic heterocycles. The number of amides is 1. The Morgan fingerprint density at radius 1 is 1.17 bits per heavy atom. The van der Waals surface area contributed by atoms with Crippen molar-refractivity contribution in [1.82, 2.24) is 5.48 Å². The number of nitrogens with zero attached hydrogens (tertiary/aromatic N) is 1. The zero-order chi connectivity index (χ0) is 16.9. The van der Waals surface area contributed by atoms with Gasteiger partial charge in [0.05, 0.1) is 17.5 Å². The molecule has 0 spiro atoms. The number of rotatable bonds is 6. The lowest BCUT2D eigenvalue weighted by molar-refractivity contribution is -0.135. The van der Waals surface area contributed by atoms with Crippen molar-refractivity contribution in [3.63, 3.8) is 0 Å². The number of hydroxylamine groups is 1. The molecule has 0 radical (unpaired) electrons. The molecule has 0 saturated carbocycles. The molecule has 1 unspecified atom stereocenters. The van der Waals surface area contributed by atoms with Gasteiger partial charge in [-0.25, -0.2) is 5.48 Å². The molecule has 1 atom stereocenters. The maximum Gasteiger partial charge on any atom is 0.245 e. The van der Waals surface area contributed by atoms with Gasteiger partial charge in [0.15, 0.2) is 0 Å². The van der Waals surface area contributed by atoms with Gasteiger partial charge in [0, 0.05) is 22.8 Å². The number of aliphatic hydroxyl groups is 1. The fourth-order valence-corrected chi connectivity index (χ4v) is 3.62. The van der Waals surface area contributed by atoms with Gasteiger partial charge in [-0.05, 0) is 31.2 Å². The summed E-state index contributed by atoms with van der Waals surface area (Å²) in [6, 6.07) is 16.4. The molecule has 24 heavy (non-hydrogen) atoms. The molecule has 0 fully saturated rings. The van der Waals surface area contributed by atoms with Crippen molar-refractivity contribution in [3.05, 3.63) is 48.5 Å². The summed E-state index contributed by atoms with van der Waals surface area (Å²) in [5.74, 6) is -0.205. The van der Waals surface area contributed by atoms with E-state index < -0.39 is 6.10 Å². The molecule has 126 valence electrons.